The lowest BCUT2D eigenvalue weighted by Gasteiger charge is -2.08. The van der Waals surface area contributed by atoms with Crippen molar-refractivity contribution >= 4 is 12.3 Å². The van der Waals surface area contributed by atoms with Crippen LogP contribution in [0.3, 0.4) is 0 Å². The summed E-state index contributed by atoms with van der Waals surface area (Å²) in [6.45, 7) is -0.378. The van der Waals surface area contributed by atoms with Gasteiger partial charge in [-0.15, -0.1) is 0 Å². The highest BCUT2D eigenvalue weighted by atomic mass is 19.2. The van der Waals surface area contributed by atoms with Gasteiger partial charge in [0.1, 0.15) is 11.8 Å². The molecule has 0 saturated heterocycles. The Morgan fingerprint density at radius 3 is 1.89 bits per heavy atom. The van der Waals surface area contributed by atoms with Gasteiger partial charge in [0, 0.05) is 6.42 Å². The van der Waals surface area contributed by atoms with Crippen molar-refractivity contribution < 1.29 is 36.3 Å². The monoisotopic (exact) mass is 282 g/mol. The molecule has 1 aromatic carbocycles. The minimum Gasteiger partial charge on any atom is -0.462 e. The minimum absolute atomic E-state index is 0.0321. The third kappa shape index (κ3) is 3.07. The average Bonchev–Trinajstić information content (AvgIpc) is 2.39. The van der Waals surface area contributed by atoms with Crippen LogP contribution in [-0.4, -0.2) is 18.9 Å². The van der Waals surface area contributed by atoms with Gasteiger partial charge in [0.05, 0.1) is 6.61 Å². The number of benzene rings is 1. The highest BCUT2D eigenvalue weighted by Crippen LogP contribution is 2.23. The average molecular weight is 282 g/mol. The van der Waals surface area contributed by atoms with Crippen LogP contribution in [0, 0.1) is 29.1 Å². The molecule has 0 fully saturated rings. The Kier molecular flexibility index (Phi) is 4.96. The second-order valence-electron chi connectivity index (χ2n) is 3.39. The van der Waals surface area contributed by atoms with Crippen LogP contribution in [0.25, 0.3) is 0 Å². The largest absolute Gasteiger partial charge is 0.462 e. The molecule has 0 spiro atoms. The van der Waals surface area contributed by atoms with Gasteiger partial charge in [0.2, 0.25) is 5.82 Å². The van der Waals surface area contributed by atoms with Crippen LogP contribution in [0.1, 0.15) is 23.2 Å². The molecule has 1 rings (SSSR count). The predicted molar refractivity (Wildman–Crippen MR) is 51.8 cm³/mol. The number of halogens is 5. The summed E-state index contributed by atoms with van der Waals surface area (Å²) < 4.78 is 68.9. The van der Waals surface area contributed by atoms with Crippen LogP contribution in [0.5, 0.6) is 0 Å². The molecule has 0 aliphatic rings. The van der Waals surface area contributed by atoms with Crippen LogP contribution in [0.15, 0.2) is 0 Å². The van der Waals surface area contributed by atoms with Gasteiger partial charge in [-0.3, -0.25) is 0 Å². The lowest BCUT2D eigenvalue weighted by Crippen LogP contribution is -2.15. The molecule has 0 bridgehead atoms. The number of ether oxygens (including phenoxy) is 1. The second-order valence-corrected chi connectivity index (χ2v) is 3.39. The van der Waals surface area contributed by atoms with E-state index in [2.05, 4.69) is 4.74 Å². The maximum Gasteiger partial charge on any atom is 0.344 e. The number of aldehydes is 1. The summed E-state index contributed by atoms with van der Waals surface area (Å²) >= 11 is 0. The topological polar surface area (TPSA) is 43.4 Å². The predicted octanol–water partition coefficient (Wildman–Crippen LogP) is 2.52. The summed E-state index contributed by atoms with van der Waals surface area (Å²) in [5, 5.41) is 0. The number of unbranched alkanes of at least 4 members (excludes halogenated alkanes) is 1. The van der Waals surface area contributed by atoms with E-state index in [-0.39, 0.29) is 19.4 Å². The molecule has 1 aromatic rings. The molecule has 8 heteroatoms. The summed E-state index contributed by atoms with van der Waals surface area (Å²) in [5.74, 6) is -13.0. The minimum atomic E-state index is -2.35. The molecule has 104 valence electrons. The lowest BCUT2D eigenvalue weighted by atomic mass is 10.1. The van der Waals surface area contributed by atoms with Crippen molar-refractivity contribution in [1.29, 1.82) is 0 Å². The van der Waals surface area contributed by atoms with E-state index in [0.717, 1.165) is 0 Å². The molecule has 0 heterocycles. The van der Waals surface area contributed by atoms with Crippen LogP contribution >= 0.6 is 0 Å². The Labute approximate surface area is 104 Å². The van der Waals surface area contributed by atoms with Gasteiger partial charge in [-0.2, -0.15) is 0 Å². The van der Waals surface area contributed by atoms with Gasteiger partial charge in [0.15, 0.2) is 23.3 Å². The zero-order valence-electron chi connectivity index (χ0n) is 9.31. The quantitative estimate of drug-likeness (QED) is 0.208. The maximum atomic E-state index is 13.2. The smallest absolute Gasteiger partial charge is 0.344 e. The Morgan fingerprint density at radius 1 is 0.947 bits per heavy atom. The first-order valence-electron chi connectivity index (χ1n) is 5.04. The van der Waals surface area contributed by atoms with Gasteiger partial charge < -0.3 is 9.53 Å². The molecule has 19 heavy (non-hydrogen) atoms. The molecular formula is C11H7F5O3. The lowest BCUT2D eigenvalue weighted by molar-refractivity contribution is -0.108. The third-order valence-electron chi connectivity index (χ3n) is 2.11. The fraction of sp³-hybridized carbons (Fsp3) is 0.273. The molecule has 0 unspecified atom stereocenters. The molecule has 3 nitrogen and oxygen atoms in total. The summed E-state index contributed by atoms with van der Waals surface area (Å²) in [5.41, 5.74) is -1.65. The zero-order valence-corrected chi connectivity index (χ0v) is 9.31. The summed E-state index contributed by atoms with van der Waals surface area (Å²) in [4.78, 5) is 21.2. The Bertz CT molecular complexity index is 487. The van der Waals surface area contributed by atoms with E-state index >= 15 is 0 Å². The maximum absolute atomic E-state index is 13.2. The molecule has 0 amide bonds. The molecule has 0 saturated carbocycles. The Balaban J connectivity index is 3.00. The first-order valence-corrected chi connectivity index (χ1v) is 5.04. The van der Waals surface area contributed by atoms with Crippen molar-refractivity contribution in [1.82, 2.24) is 0 Å². The van der Waals surface area contributed by atoms with E-state index in [1.807, 2.05) is 0 Å². The van der Waals surface area contributed by atoms with Crippen LogP contribution in [0.4, 0.5) is 22.0 Å². The van der Waals surface area contributed by atoms with Crippen molar-refractivity contribution in [2.75, 3.05) is 6.61 Å². The zero-order chi connectivity index (χ0) is 14.6. The molecule has 0 radical (unpaired) electrons. The number of hydrogen-bond donors (Lipinski definition) is 0. The second kappa shape index (κ2) is 6.26. The molecule has 0 aliphatic carbocycles. The SMILES string of the molecule is O=CCCCOC(=O)c1c(F)c(F)c(F)c(F)c1F. The van der Waals surface area contributed by atoms with E-state index in [1.165, 1.54) is 0 Å². The van der Waals surface area contributed by atoms with Crippen molar-refractivity contribution in [3.8, 4) is 0 Å². The number of esters is 1. The van der Waals surface area contributed by atoms with Crippen molar-refractivity contribution in [2.45, 2.75) is 12.8 Å². The first-order chi connectivity index (χ1) is 8.91. The van der Waals surface area contributed by atoms with Gasteiger partial charge in [-0.1, -0.05) is 0 Å². The molecule has 0 aliphatic heterocycles. The van der Waals surface area contributed by atoms with E-state index in [9.17, 15) is 31.5 Å². The molecular weight excluding hydrogens is 275 g/mol. The van der Waals surface area contributed by atoms with Crippen molar-refractivity contribution in [2.24, 2.45) is 0 Å². The number of hydrogen-bond acceptors (Lipinski definition) is 3. The highest BCUT2D eigenvalue weighted by Gasteiger charge is 2.30. The number of rotatable bonds is 5. The van der Waals surface area contributed by atoms with E-state index in [1.54, 1.807) is 0 Å². The fourth-order valence-electron chi connectivity index (χ4n) is 1.19. The van der Waals surface area contributed by atoms with Gasteiger partial charge in [-0.05, 0) is 6.42 Å². The van der Waals surface area contributed by atoms with Gasteiger partial charge in [0.25, 0.3) is 0 Å². The number of carbonyl (C=O) groups excluding carboxylic acids is 2. The standard InChI is InChI=1S/C11H7F5O3/c12-6-5(11(18)19-4-2-1-3-17)7(13)9(15)10(16)8(6)14/h3H,1-2,4H2. The van der Waals surface area contributed by atoms with E-state index < -0.39 is 40.6 Å². The normalized spacial score (nSPS) is 10.4. The Morgan fingerprint density at radius 2 is 1.42 bits per heavy atom. The summed E-state index contributed by atoms with van der Waals surface area (Å²) in [6, 6.07) is 0. The van der Waals surface area contributed by atoms with Crippen LogP contribution < -0.4 is 0 Å². The first kappa shape index (κ1) is 15.1. The van der Waals surface area contributed by atoms with E-state index in [4.69, 9.17) is 0 Å². The van der Waals surface area contributed by atoms with Crippen molar-refractivity contribution in [3.63, 3.8) is 0 Å². The fourth-order valence-corrected chi connectivity index (χ4v) is 1.19. The molecule has 0 N–H and O–H groups in total. The van der Waals surface area contributed by atoms with Crippen LogP contribution in [-0.2, 0) is 9.53 Å². The third-order valence-corrected chi connectivity index (χ3v) is 2.11. The summed E-state index contributed by atoms with van der Waals surface area (Å²) in [6.07, 6.45) is 0.626. The molecule has 0 aromatic heterocycles. The molecule has 0 atom stereocenters. The van der Waals surface area contributed by atoms with Crippen LogP contribution in [0.2, 0.25) is 0 Å². The van der Waals surface area contributed by atoms with Gasteiger partial charge >= 0.3 is 5.97 Å². The number of carbonyl (C=O) groups is 2. The van der Waals surface area contributed by atoms with Crippen molar-refractivity contribution in [3.05, 3.63) is 34.6 Å². The van der Waals surface area contributed by atoms with Gasteiger partial charge in [-0.25, -0.2) is 26.7 Å². The highest BCUT2D eigenvalue weighted by molar-refractivity contribution is 5.90. The van der Waals surface area contributed by atoms with E-state index in [0.29, 0.717) is 6.29 Å². The summed E-state index contributed by atoms with van der Waals surface area (Å²) in [7, 11) is 0. The Hall–Kier alpha value is -1.99.